The Morgan fingerprint density at radius 2 is 1.44 bits per heavy atom. The van der Waals surface area contributed by atoms with Crippen molar-refractivity contribution in [3.63, 3.8) is 0 Å². The number of benzene rings is 3. The largest absolute Gasteiger partial charge is 0.352 e. The molecule has 1 saturated carbocycles. The minimum Gasteiger partial charge on any atom is -0.352 e. The molecule has 3 aromatic rings. The van der Waals surface area contributed by atoms with Crippen molar-refractivity contribution in [3.8, 4) is 0 Å². The average molecular weight is 548 g/mol. The van der Waals surface area contributed by atoms with Crippen LogP contribution in [0.4, 0.5) is 5.69 Å². The van der Waals surface area contributed by atoms with E-state index in [1.807, 2.05) is 79.7 Å². The summed E-state index contributed by atoms with van der Waals surface area (Å²) < 4.78 is 26.8. The first-order chi connectivity index (χ1) is 18.7. The Bertz CT molecular complexity index is 1340. The van der Waals surface area contributed by atoms with Crippen molar-refractivity contribution in [2.75, 3.05) is 17.1 Å². The van der Waals surface area contributed by atoms with Gasteiger partial charge in [0.25, 0.3) is 0 Å². The smallest absolute Gasteiger partial charge is 0.244 e. The normalized spacial score (nSPS) is 14.5. The Balaban J connectivity index is 1.70. The van der Waals surface area contributed by atoms with Gasteiger partial charge in [0.2, 0.25) is 21.8 Å². The topological polar surface area (TPSA) is 86.8 Å². The predicted octanol–water partition coefficient (Wildman–Crippen LogP) is 4.46. The molecule has 206 valence electrons. The molecule has 1 fully saturated rings. The van der Waals surface area contributed by atoms with Gasteiger partial charge in [-0.1, -0.05) is 91.2 Å². The van der Waals surface area contributed by atoms with Crippen LogP contribution in [0.5, 0.6) is 0 Å². The van der Waals surface area contributed by atoms with Crippen molar-refractivity contribution in [2.24, 2.45) is 0 Å². The molecule has 39 heavy (non-hydrogen) atoms. The Morgan fingerprint density at radius 1 is 0.872 bits per heavy atom. The van der Waals surface area contributed by atoms with Crippen molar-refractivity contribution in [1.29, 1.82) is 0 Å². The van der Waals surface area contributed by atoms with E-state index in [2.05, 4.69) is 5.32 Å². The van der Waals surface area contributed by atoms with Gasteiger partial charge in [0, 0.05) is 19.0 Å². The van der Waals surface area contributed by atoms with E-state index in [-0.39, 0.29) is 18.5 Å². The van der Waals surface area contributed by atoms with E-state index in [1.165, 1.54) is 0 Å². The molecule has 1 aliphatic carbocycles. The van der Waals surface area contributed by atoms with Crippen LogP contribution in [0.25, 0.3) is 0 Å². The van der Waals surface area contributed by atoms with E-state index in [0.29, 0.717) is 12.1 Å². The van der Waals surface area contributed by atoms with E-state index < -0.39 is 28.5 Å². The number of sulfonamides is 1. The molecule has 1 aliphatic rings. The number of aryl methyl sites for hydroxylation is 1. The molecule has 0 radical (unpaired) electrons. The number of anilines is 1. The fourth-order valence-corrected chi connectivity index (χ4v) is 5.88. The molecule has 4 rings (SSSR count). The Labute approximate surface area is 231 Å². The Hall–Kier alpha value is -3.65. The molecule has 0 saturated heterocycles. The third-order valence-corrected chi connectivity index (χ3v) is 8.31. The molecule has 7 nitrogen and oxygen atoms in total. The van der Waals surface area contributed by atoms with Gasteiger partial charge in [-0.2, -0.15) is 0 Å². The molecule has 0 spiro atoms. The molecule has 3 aromatic carbocycles. The van der Waals surface area contributed by atoms with Crippen LogP contribution in [0.2, 0.25) is 0 Å². The first-order valence-corrected chi connectivity index (χ1v) is 15.3. The number of amides is 2. The zero-order valence-corrected chi connectivity index (χ0v) is 23.4. The monoisotopic (exact) mass is 547 g/mol. The number of nitrogens with zero attached hydrogens (tertiary/aromatic N) is 2. The first kappa shape index (κ1) is 28.4. The molecule has 0 unspecified atom stereocenters. The zero-order valence-electron chi connectivity index (χ0n) is 22.6. The van der Waals surface area contributed by atoms with E-state index in [0.717, 1.165) is 52.9 Å². The lowest BCUT2D eigenvalue weighted by atomic mass is 10.0. The number of hydrogen-bond acceptors (Lipinski definition) is 4. The lowest BCUT2D eigenvalue weighted by molar-refractivity contribution is -0.140. The van der Waals surface area contributed by atoms with Gasteiger partial charge in [-0.25, -0.2) is 8.42 Å². The van der Waals surface area contributed by atoms with E-state index in [4.69, 9.17) is 0 Å². The van der Waals surface area contributed by atoms with Crippen molar-refractivity contribution >= 4 is 27.5 Å². The summed E-state index contributed by atoms with van der Waals surface area (Å²) >= 11 is 0. The molecule has 0 aromatic heterocycles. The summed E-state index contributed by atoms with van der Waals surface area (Å²) in [6.07, 6.45) is 5.40. The molecular formula is C31H37N3O4S. The van der Waals surface area contributed by atoms with Gasteiger partial charge < -0.3 is 10.2 Å². The van der Waals surface area contributed by atoms with Crippen molar-refractivity contribution < 1.29 is 18.0 Å². The minimum atomic E-state index is -3.77. The number of hydrogen-bond donors (Lipinski definition) is 1. The molecule has 0 heterocycles. The van der Waals surface area contributed by atoms with Crippen LogP contribution in [0.1, 0.15) is 42.4 Å². The second-order valence-corrected chi connectivity index (χ2v) is 12.2. The van der Waals surface area contributed by atoms with E-state index in [9.17, 15) is 18.0 Å². The van der Waals surface area contributed by atoms with Crippen LogP contribution >= 0.6 is 0 Å². The minimum absolute atomic E-state index is 0.0875. The Kier molecular flexibility index (Phi) is 9.41. The highest BCUT2D eigenvalue weighted by Gasteiger charge is 2.34. The molecule has 0 aliphatic heterocycles. The molecule has 1 atom stereocenters. The highest BCUT2D eigenvalue weighted by molar-refractivity contribution is 7.92. The fraction of sp³-hybridized carbons (Fsp3) is 0.355. The molecule has 2 amide bonds. The summed E-state index contributed by atoms with van der Waals surface area (Å²) in [4.78, 5) is 29.4. The number of carbonyl (C=O) groups is 2. The van der Waals surface area contributed by atoms with Crippen LogP contribution in [0, 0.1) is 6.92 Å². The van der Waals surface area contributed by atoms with Gasteiger partial charge in [0.15, 0.2) is 0 Å². The summed E-state index contributed by atoms with van der Waals surface area (Å²) in [5, 5.41) is 3.18. The molecule has 1 N–H and O–H groups in total. The van der Waals surface area contributed by atoms with Gasteiger partial charge in [0.05, 0.1) is 11.9 Å². The summed E-state index contributed by atoms with van der Waals surface area (Å²) in [5.74, 6) is -0.649. The summed E-state index contributed by atoms with van der Waals surface area (Å²) in [6.45, 7) is 1.69. The van der Waals surface area contributed by atoms with Crippen molar-refractivity contribution in [2.45, 2.75) is 57.7 Å². The lowest BCUT2D eigenvalue weighted by Gasteiger charge is -2.34. The second kappa shape index (κ2) is 12.9. The summed E-state index contributed by atoms with van der Waals surface area (Å²) in [6, 6.07) is 25.4. The highest BCUT2D eigenvalue weighted by Crippen LogP contribution is 2.22. The molecule has 8 heteroatoms. The summed E-state index contributed by atoms with van der Waals surface area (Å²) in [7, 11) is -3.77. The van der Waals surface area contributed by atoms with Gasteiger partial charge in [-0.3, -0.25) is 13.9 Å². The van der Waals surface area contributed by atoms with Crippen molar-refractivity contribution in [3.05, 3.63) is 102 Å². The highest BCUT2D eigenvalue weighted by atomic mass is 32.2. The van der Waals surface area contributed by atoms with Crippen molar-refractivity contribution in [1.82, 2.24) is 10.2 Å². The SMILES string of the molecule is Cc1ccc(N(CC(=O)N(Cc2ccccc2)[C@@H](Cc2ccccc2)C(=O)NC2CCCC2)S(C)(=O)=O)cc1. The van der Waals surface area contributed by atoms with E-state index >= 15 is 0 Å². The van der Waals surface area contributed by atoms with E-state index in [1.54, 1.807) is 17.0 Å². The fourth-order valence-electron chi connectivity index (χ4n) is 5.03. The summed E-state index contributed by atoms with van der Waals surface area (Å²) in [5.41, 5.74) is 3.18. The van der Waals surface area contributed by atoms with Gasteiger partial charge >= 0.3 is 0 Å². The quantitative estimate of drug-likeness (QED) is 0.384. The maximum atomic E-state index is 14.1. The third kappa shape index (κ3) is 7.93. The average Bonchev–Trinajstić information content (AvgIpc) is 3.43. The number of carbonyl (C=O) groups excluding carboxylic acids is 2. The lowest BCUT2D eigenvalue weighted by Crippen LogP contribution is -2.54. The molecule has 0 bridgehead atoms. The van der Waals surface area contributed by atoms with Gasteiger partial charge in [0.1, 0.15) is 12.6 Å². The van der Waals surface area contributed by atoms with Crippen LogP contribution in [0.3, 0.4) is 0 Å². The van der Waals surface area contributed by atoms with Crippen LogP contribution in [-0.2, 0) is 32.6 Å². The maximum Gasteiger partial charge on any atom is 0.244 e. The number of nitrogens with one attached hydrogen (secondary N) is 1. The number of rotatable bonds is 11. The van der Waals surface area contributed by atoms with Crippen LogP contribution < -0.4 is 9.62 Å². The van der Waals surface area contributed by atoms with Gasteiger partial charge in [-0.05, 0) is 43.0 Å². The maximum absolute atomic E-state index is 14.1. The first-order valence-electron chi connectivity index (χ1n) is 13.4. The Morgan fingerprint density at radius 3 is 2.00 bits per heavy atom. The zero-order chi connectivity index (χ0) is 27.8. The predicted molar refractivity (Wildman–Crippen MR) is 155 cm³/mol. The van der Waals surface area contributed by atoms with Gasteiger partial charge in [-0.15, -0.1) is 0 Å². The standard InChI is InChI=1S/C31H37N3O4S/c1-24-17-19-28(20-18-24)34(39(2,37)38)23-30(35)33(22-26-13-7-4-8-14-26)29(21-25-11-5-3-6-12-25)31(36)32-27-15-9-10-16-27/h3-8,11-14,17-20,27,29H,9-10,15-16,21-23H2,1-2H3,(H,32,36)/t29-/m0/s1. The van der Waals surface area contributed by atoms with Crippen LogP contribution in [0.15, 0.2) is 84.9 Å². The second-order valence-electron chi connectivity index (χ2n) is 10.3. The van der Waals surface area contributed by atoms with Crippen LogP contribution in [-0.4, -0.2) is 50.0 Å². The molecular weight excluding hydrogens is 510 g/mol. The third-order valence-electron chi connectivity index (χ3n) is 7.17.